The summed E-state index contributed by atoms with van der Waals surface area (Å²) in [5.74, 6) is -0.0980. The fourth-order valence-electron chi connectivity index (χ4n) is 2.18. The number of nitrogens with two attached hydrogens (primary N) is 2. The Morgan fingerprint density at radius 2 is 2.05 bits per heavy atom. The molecule has 118 valence electrons. The number of hydrogen-bond acceptors (Lipinski definition) is 4. The lowest BCUT2D eigenvalue weighted by molar-refractivity contribution is 0.0242. The van der Waals surface area contributed by atoms with E-state index in [0.29, 0.717) is 13.1 Å². The maximum atomic E-state index is 12.2. The largest absolute Gasteiger partial charge is 0.444 e. The monoisotopic (exact) mass is 303 g/mol. The van der Waals surface area contributed by atoms with E-state index in [9.17, 15) is 4.79 Å². The molecule has 1 aliphatic heterocycles. The van der Waals surface area contributed by atoms with Gasteiger partial charge in [0.1, 0.15) is 5.60 Å². The van der Waals surface area contributed by atoms with E-state index in [1.54, 1.807) is 11.1 Å². The molecule has 1 aromatic rings. The van der Waals surface area contributed by atoms with Crippen LogP contribution in [-0.2, 0) is 17.8 Å². The molecule has 1 amide bonds. The van der Waals surface area contributed by atoms with E-state index in [1.165, 1.54) is 0 Å². The van der Waals surface area contributed by atoms with Gasteiger partial charge >= 0.3 is 6.09 Å². The summed E-state index contributed by atoms with van der Waals surface area (Å²) < 4.78 is 5.40. The van der Waals surface area contributed by atoms with E-state index in [1.807, 2.05) is 39.0 Å². The van der Waals surface area contributed by atoms with Gasteiger partial charge in [-0.2, -0.15) is 5.10 Å². The van der Waals surface area contributed by atoms with Gasteiger partial charge in [0.25, 0.3) is 0 Å². The van der Waals surface area contributed by atoms with Crippen molar-refractivity contribution >= 4 is 18.3 Å². The van der Waals surface area contributed by atoms with Gasteiger partial charge in [0, 0.05) is 6.54 Å². The zero-order valence-electron chi connectivity index (χ0n) is 13.0. The van der Waals surface area contributed by atoms with Crippen molar-refractivity contribution in [2.75, 3.05) is 0 Å². The molecule has 0 unspecified atom stereocenters. The maximum absolute atomic E-state index is 12.2. The SMILES string of the molecule is CC(C)(C)OC(=O)N1Cc2cccc(C=NN=C(N)N)c2C1. The molecule has 0 aliphatic carbocycles. The third-order valence-corrected chi connectivity index (χ3v) is 3.04. The van der Waals surface area contributed by atoms with E-state index in [0.717, 1.165) is 16.7 Å². The van der Waals surface area contributed by atoms with E-state index in [-0.39, 0.29) is 12.1 Å². The number of carbonyl (C=O) groups is 1. The van der Waals surface area contributed by atoms with Crippen molar-refractivity contribution in [1.82, 2.24) is 4.90 Å². The topological polar surface area (TPSA) is 106 Å². The number of hydrogen-bond donors (Lipinski definition) is 2. The molecule has 0 atom stereocenters. The Balaban J connectivity index is 2.15. The van der Waals surface area contributed by atoms with Gasteiger partial charge in [-0.1, -0.05) is 18.2 Å². The number of rotatable bonds is 2. The van der Waals surface area contributed by atoms with Gasteiger partial charge in [0.2, 0.25) is 5.96 Å². The Morgan fingerprint density at radius 1 is 1.32 bits per heavy atom. The molecule has 0 saturated carbocycles. The Bertz CT molecular complexity index is 627. The quantitative estimate of drug-likeness (QED) is 0.491. The molecule has 0 spiro atoms. The Hall–Kier alpha value is -2.57. The molecule has 1 aromatic carbocycles. The smallest absolute Gasteiger partial charge is 0.410 e. The van der Waals surface area contributed by atoms with Crippen molar-refractivity contribution in [2.24, 2.45) is 21.7 Å². The first-order chi connectivity index (χ1) is 10.3. The Kier molecular flexibility index (Phi) is 4.35. The van der Waals surface area contributed by atoms with Crippen LogP contribution in [0.15, 0.2) is 28.4 Å². The molecule has 1 aliphatic rings. The van der Waals surface area contributed by atoms with Gasteiger partial charge in [-0.3, -0.25) is 4.90 Å². The van der Waals surface area contributed by atoms with Crippen molar-refractivity contribution in [1.29, 1.82) is 0 Å². The molecule has 1 heterocycles. The van der Waals surface area contributed by atoms with E-state index >= 15 is 0 Å². The summed E-state index contributed by atoms with van der Waals surface area (Å²) in [4.78, 5) is 13.8. The van der Waals surface area contributed by atoms with Crippen LogP contribution >= 0.6 is 0 Å². The van der Waals surface area contributed by atoms with E-state index in [2.05, 4.69) is 10.2 Å². The summed E-state index contributed by atoms with van der Waals surface area (Å²) in [5.41, 5.74) is 12.9. The van der Waals surface area contributed by atoms with Crippen LogP contribution in [-0.4, -0.2) is 28.8 Å². The second-order valence-corrected chi connectivity index (χ2v) is 6.09. The molecule has 2 rings (SSSR count). The zero-order chi connectivity index (χ0) is 16.3. The van der Waals surface area contributed by atoms with Gasteiger partial charge in [-0.15, -0.1) is 5.10 Å². The second kappa shape index (κ2) is 6.05. The Morgan fingerprint density at radius 3 is 2.68 bits per heavy atom. The van der Waals surface area contributed by atoms with Crippen LogP contribution in [0.1, 0.15) is 37.5 Å². The van der Waals surface area contributed by atoms with Crippen LogP contribution in [0.5, 0.6) is 0 Å². The highest BCUT2D eigenvalue weighted by Gasteiger charge is 2.28. The second-order valence-electron chi connectivity index (χ2n) is 6.09. The third-order valence-electron chi connectivity index (χ3n) is 3.04. The van der Waals surface area contributed by atoms with Crippen LogP contribution in [0.4, 0.5) is 4.79 Å². The summed E-state index contributed by atoms with van der Waals surface area (Å²) in [7, 11) is 0. The minimum Gasteiger partial charge on any atom is -0.444 e. The average Bonchev–Trinajstić information content (AvgIpc) is 2.81. The molecule has 0 fully saturated rings. The lowest BCUT2D eigenvalue weighted by atomic mass is 10.0. The van der Waals surface area contributed by atoms with Crippen molar-refractivity contribution in [2.45, 2.75) is 39.5 Å². The van der Waals surface area contributed by atoms with Gasteiger partial charge in [-0.25, -0.2) is 4.79 Å². The highest BCUT2D eigenvalue weighted by Crippen LogP contribution is 2.26. The summed E-state index contributed by atoms with van der Waals surface area (Å²) in [6, 6.07) is 5.80. The van der Waals surface area contributed by atoms with Crippen molar-refractivity contribution < 1.29 is 9.53 Å². The Labute approximate surface area is 129 Å². The summed E-state index contributed by atoms with van der Waals surface area (Å²) in [6.07, 6.45) is 1.26. The number of guanidine groups is 1. The zero-order valence-corrected chi connectivity index (χ0v) is 13.0. The van der Waals surface area contributed by atoms with Crippen LogP contribution in [0.25, 0.3) is 0 Å². The van der Waals surface area contributed by atoms with Gasteiger partial charge in [0.05, 0.1) is 12.8 Å². The molecule has 0 radical (unpaired) electrons. The van der Waals surface area contributed by atoms with Crippen molar-refractivity contribution in [3.63, 3.8) is 0 Å². The summed E-state index contributed by atoms with van der Waals surface area (Å²) >= 11 is 0. The fourth-order valence-corrected chi connectivity index (χ4v) is 2.18. The first-order valence-corrected chi connectivity index (χ1v) is 6.97. The fraction of sp³-hybridized carbons (Fsp3) is 0.400. The van der Waals surface area contributed by atoms with Crippen molar-refractivity contribution in [3.8, 4) is 0 Å². The minimum absolute atomic E-state index is 0.0980. The van der Waals surface area contributed by atoms with E-state index in [4.69, 9.17) is 16.2 Å². The molecule has 7 heteroatoms. The summed E-state index contributed by atoms with van der Waals surface area (Å²) in [6.45, 7) is 6.55. The first-order valence-electron chi connectivity index (χ1n) is 6.97. The highest BCUT2D eigenvalue weighted by molar-refractivity contribution is 5.84. The number of carbonyl (C=O) groups excluding carboxylic acids is 1. The van der Waals surface area contributed by atoms with Crippen LogP contribution in [0.2, 0.25) is 0 Å². The van der Waals surface area contributed by atoms with E-state index < -0.39 is 5.60 Å². The number of fused-ring (bicyclic) bond motifs is 1. The number of nitrogens with zero attached hydrogens (tertiary/aromatic N) is 3. The van der Waals surface area contributed by atoms with Gasteiger partial charge in [0.15, 0.2) is 0 Å². The molecule has 0 aromatic heterocycles. The van der Waals surface area contributed by atoms with Crippen LogP contribution in [0.3, 0.4) is 0 Å². The molecular formula is C15H21N5O2. The third kappa shape index (κ3) is 3.97. The highest BCUT2D eigenvalue weighted by atomic mass is 16.6. The van der Waals surface area contributed by atoms with Crippen molar-refractivity contribution in [3.05, 3.63) is 34.9 Å². The van der Waals surface area contributed by atoms with Gasteiger partial charge in [-0.05, 0) is 37.5 Å². The van der Waals surface area contributed by atoms with Gasteiger partial charge < -0.3 is 16.2 Å². The predicted molar refractivity (Wildman–Crippen MR) is 85.3 cm³/mol. The molecule has 4 N–H and O–H groups in total. The molecule has 22 heavy (non-hydrogen) atoms. The molecular weight excluding hydrogens is 282 g/mol. The van der Waals surface area contributed by atoms with Crippen LogP contribution in [0, 0.1) is 0 Å². The predicted octanol–water partition coefficient (Wildman–Crippen LogP) is 1.54. The number of ether oxygens (including phenoxy) is 1. The first kappa shape index (κ1) is 15.8. The molecule has 7 nitrogen and oxygen atoms in total. The maximum Gasteiger partial charge on any atom is 0.410 e. The normalized spacial score (nSPS) is 14.0. The lowest BCUT2D eigenvalue weighted by Gasteiger charge is -2.24. The minimum atomic E-state index is -0.510. The lowest BCUT2D eigenvalue weighted by Crippen LogP contribution is -2.33. The molecule has 0 saturated heterocycles. The summed E-state index contributed by atoms with van der Waals surface area (Å²) in [5, 5.41) is 7.41. The molecule has 0 bridgehead atoms. The number of benzene rings is 1. The standard InChI is InChI=1S/C15H21N5O2/c1-15(2,3)22-14(21)20-8-11-6-4-5-10(12(11)9-20)7-18-19-13(16)17/h4-7H,8-9H2,1-3H3,(H4,16,17,19). The average molecular weight is 303 g/mol. The number of amides is 1. The van der Waals surface area contributed by atoms with Crippen LogP contribution < -0.4 is 11.5 Å².